The molecule has 9 nitrogen and oxygen atoms in total. The Morgan fingerprint density at radius 3 is 2.96 bits per heavy atom. The Balaban J connectivity index is 1.70. The van der Waals surface area contributed by atoms with Gasteiger partial charge in [0.05, 0.1) is 14.1 Å². The summed E-state index contributed by atoms with van der Waals surface area (Å²) in [5.74, 6) is -0.582. The van der Waals surface area contributed by atoms with Gasteiger partial charge in [-0.1, -0.05) is 30.3 Å². The summed E-state index contributed by atoms with van der Waals surface area (Å²) in [6.45, 7) is -0.962. The summed E-state index contributed by atoms with van der Waals surface area (Å²) < 4.78 is 30.3. The number of carbonyl (C=O) groups is 1. The number of hydrogen-bond acceptors (Lipinski definition) is 9. The van der Waals surface area contributed by atoms with Gasteiger partial charge in [-0.25, -0.2) is 9.98 Å². The summed E-state index contributed by atoms with van der Waals surface area (Å²) in [6, 6.07) is 8.27. The fraction of sp³-hybridized carbons (Fsp3) is 0.412. The van der Waals surface area contributed by atoms with Gasteiger partial charge in [0.15, 0.2) is 5.84 Å². The Morgan fingerprint density at radius 1 is 1.50 bits per heavy atom. The first kappa shape index (κ1) is 13.7. The largest absolute Gasteiger partial charge is 0.394 e. The van der Waals surface area contributed by atoms with Crippen LogP contribution in [0.2, 0.25) is 0 Å². The molecule has 0 spiro atoms. The van der Waals surface area contributed by atoms with Crippen molar-refractivity contribution in [2.24, 2.45) is 20.7 Å². The van der Waals surface area contributed by atoms with Gasteiger partial charge in [-0.15, -0.1) is 0 Å². The first-order valence-corrected chi connectivity index (χ1v) is 7.96. The van der Waals surface area contributed by atoms with Crippen molar-refractivity contribution in [2.45, 2.75) is 30.4 Å². The zero-order valence-corrected chi connectivity index (χ0v) is 13.6. The van der Waals surface area contributed by atoms with E-state index in [0.717, 1.165) is 11.2 Å². The third-order valence-corrected chi connectivity index (χ3v) is 4.33. The number of aliphatic imine (C=N–C) groups is 3. The van der Waals surface area contributed by atoms with Crippen molar-refractivity contribution >= 4 is 23.7 Å². The molecule has 0 aromatic heterocycles. The first-order chi connectivity index (χ1) is 13.7. The van der Waals surface area contributed by atoms with Crippen molar-refractivity contribution in [1.82, 2.24) is 4.90 Å². The van der Waals surface area contributed by atoms with Crippen LogP contribution in [0.25, 0.3) is 0 Å². The molecule has 9 heteroatoms. The van der Waals surface area contributed by atoms with E-state index in [9.17, 15) is 15.0 Å². The number of hydrogen-bond donors (Lipinski definition) is 3. The fourth-order valence-electron chi connectivity index (χ4n) is 2.94. The highest BCUT2D eigenvalue weighted by molar-refractivity contribution is 6.52. The highest BCUT2D eigenvalue weighted by Gasteiger charge is 2.49. The van der Waals surface area contributed by atoms with Crippen LogP contribution in [0, 0.1) is 0 Å². The number of nitrogens with two attached hydrogens (primary N) is 1. The fourth-order valence-corrected chi connectivity index (χ4v) is 2.94. The molecule has 0 aliphatic carbocycles. The molecule has 4 atom stereocenters. The van der Waals surface area contributed by atoms with Gasteiger partial charge in [0.1, 0.15) is 31.0 Å². The Hall–Kier alpha value is -2.46. The van der Waals surface area contributed by atoms with E-state index in [0.29, 0.717) is 5.56 Å². The van der Waals surface area contributed by atoms with Crippen LogP contribution >= 0.6 is 0 Å². The second-order valence-electron chi connectivity index (χ2n) is 5.97. The van der Waals surface area contributed by atoms with Crippen LogP contribution in [0.1, 0.15) is 20.8 Å². The van der Waals surface area contributed by atoms with Gasteiger partial charge < -0.3 is 19.8 Å². The molecule has 1 unspecified atom stereocenters. The minimum Gasteiger partial charge on any atom is -0.394 e. The number of carbonyl (C=O) groups excluding carboxylic acids is 1. The maximum Gasteiger partial charge on any atom is 0.219 e. The zero-order chi connectivity index (χ0) is 21.0. The second kappa shape index (κ2) is 6.36. The van der Waals surface area contributed by atoms with Crippen molar-refractivity contribution in [1.29, 1.82) is 0 Å². The maximum absolute atomic E-state index is 13.0. The van der Waals surface area contributed by atoms with Crippen LogP contribution in [0.15, 0.2) is 45.3 Å². The van der Waals surface area contributed by atoms with Gasteiger partial charge in [-0.05, 0) is 0 Å². The topological polar surface area (TPSA) is 133 Å². The number of fused-ring (bicyclic) bond motifs is 1. The van der Waals surface area contributed by atoms with Crippen molar-refractivity contribution in [3.63, 3.8) is 0 Å². The summed E-state index contributed by atoms with van der Waals surface area (Å²) in [4.78, 5) is 26.4. The Bertz CT molecular complexity index is 940. The molecule has 136 valence electrons. The molecule has 0 radical (unpaired) electrons. The molecule has 0 amide bonds. The van der Waals surface area contributed by atoms with Crippen molar-refractivity contribution in [3.8, 4) is 0 Å². The SMILES string of the molecule is [2H]C1([2H])[C@H](O)[C@@H](CO)O[C@@]1([2H])N1CN=C2C1=NC=NC2(N)C(=O)c1ccccc1. The molecule has 4 rings (SSSR count). The maximum atomic E-state index is 13.0. The highest BCUT2D eigenvalue weighted by atomic mass is 16.5. The molecular weight excluding hydrogens is 338 g/mol. The van der Waals surface area contributed by atoms with E-state index >= 15 is 0 Å². The molecule has 3 aliphatic rings. The summed E-state index contributed by atoms with van der Waals surface area (Å²) >= 11 is 0. The molecule has 0 bridgehead atoms. The monoisotopic (exact) mass is 360 g/mol. The van der Waals surface area contributed by atoms with Crippen LogP contribution in [-0.4, -0.2) is 76.1 Å². The van der Waals surface area contributed by atoms with Gasteiger partial charge in [0.25, 0.3) is 0 Å². The summed E-state index contributed by atoms with van der Waals surface area (Å²) in [6.07, 6.45) is -7.05. The van der Waals surface area contributed by atoms with Gasteiger partial charge in [-0.2, -0.15) is 0 Å². The minimum absolute atomic E-state index is 0.0261. The lowest BCUT2D eigenvalue weighted by Gasteiger charge is -2.30. The second-order valence-corrected chi connectivity index (χ2v) is 5.97. The van der Waals surface area contributed by atoms with Gasteiger partial charge >= 0.3 is 0 Å². The van der Waals surface area contributed by atoms with Gasteiger partial charge in [0.2, 0.25) is 11.4 Å². The number of amidine groups is 1. The average molecular weight is 360 g/mol. The lowest BCUT2D eigenvalue weighted by Crippen LogP contribution is -2.59. The summed E-state index contributed by atoms with van der Waals surface area (Å²) in [5, 5.41) is 19.5. The molecular formula is C17H19N5O4. The molecule has 3 heterocycles. The number of aliphatic hydroxyl groups excluding tert-OH is 2. The molecule has 4 N–H and O–H groups in total. The first-order valence-electron chi connectivity index (χ1n) is 9.46. The number of benzene rings is 1. The normalized spacial score (nSPS) is 39.5. The van der Waals surface area contributed by atoms with Crippen LogP contribution in [0.4, 0.5) is 0 Å². The van der Waals surface area contributed by atoms with E-state index in [1.165, 1.54) is 0 Å². The van der Waals surface area contributed by atoms with E-state index in [-0.39, 0.29) is 18.2 Å². The van der Waals surface area contributed by atoms with Crippen LogP contribution in [-0.2, 0) is 4.74 Å². The number of rotatable bonds is 4. The Kier molecular flexibility index (Phi) is 3.35. The molecule has 1 saturated heterocycles. The standard InChI is InChI=1S/C17H19N5O4/c18-17(15(25)10-4-2-1-3-5-10)14-16(19-8-21-17)22(9-20-14)13-6-11(24)12(7-23)26-13/h1-5,8,11-13,23-24H,6-7,9,18H2/t11-,12+,13+,17?/m0/s1/i6D2,13D. The smallest absolute Gasteiger partial charge is 0.219 e. The van der Waals surface area contributed by atoms with Crippen LogP contribution in [0.5, 0.6) is 0 Å². The molecule has 1 aromatic carbocycles. The predicted octanol–water partition coefficient (Wildman–Crippen LogP) is -0.853. The van der Waals surface area contributed by atoms with Gasteiger partial charge in [0, 0.05) is 14.7 Å². The summed E-state index contributed by atoms with van der Waals surface area (Å²) in [5.41, 5.74) is 4.68. The minimum atomic E-state index is -2.59. The van der Waals surface area contributed by atoms with E-state index in [1.54, 1.807) is 30.3 Å². The molecule has 1 fully saturated rings. The molecule has 0 saturated carbocycles. The van der Waals surface area contributed by atoms with E-state index in [1.807, 2.05) is 0 Å². The lowest BCUT2D eigenvalue weighted by molar-refractivity contribution is -0.0560. The average Bonchev–Trinajstić information content (AvgIpc) is 3.23. The predicted molar refractivity (Wildman–Crippen MR) is 94.1 cm³/mol. The number of ketones is 1. The summed E-state index contributed by atoms with van der Waals surface area (Å²) in [7, 11) is 0. The number of ether oxygens (including phenoxy) is 1. The van der Waals surface area contributed by atoms with Crippen molar-refractivity contribution < 1.29 is 23.9 Å². The van der Waals surface area contributed by atoms with Crippen molar-refractivity contribution in [3.05, 3.63) is 35.9 Å². The molecule has 3 aliphatic heterocycles. The third-order valence-electron chi connectivity index (χ3n) is 4.33. The number of aliphatic hydroxyl groups is 2. The van der Waals surface area contributed by atoms with Crippen molar-refractivity contribution in [2.75, 3.05) is 13.3 Å². The quantitative estimate of drug-likeness (QED) is 0.599. The zero-order valence-electron chi connectivity index (χ0n) is 16.6. The van der Waals surface area contributed by atoms with E-state index in [2.05, 4.69) is 15.0 Å². The number of Topliss-reactive ketones (excluding diaryl/α,β-unsaturated/α-hetero) is 1. The third kappa shape index (κ3) is 2.56. The number of nitrogens with zero attached hydrogens (tertiary/aromatic N) is 4. The molecule has 1 aromatic rings. The highest BCUT2D eigenvalue weighted by Crippen LogP contribution is 2.29. The van der Waals surface area contributed by atoms with Crippen LogP contribution in [0.3, 0.4) is 0 Å². The van der Waals surface area contributed by atoms with Gasteiger partial charge in [-0.3, -0.25) is 15.5 Å². The van der Waals surface area contributed by atoms with E-state index in [4.69, 9.17) is 14.6 Å². The molecule has 26 heavy (non-hydrogen) atoms. The Labute approximate surface area is 153 Å². The lowest BCUT2D eigenvalue weighted by atomic mass is 9.93. The Morgan fingerprint density at radius 2 is 2.27 bits per heavy atom. The van der Waals surface area contributed by atoms with Crippen LogP contribution < -0.4 is 5.73 Å². The van der Waals surface area contributed by atoms with E-state index < -0.39 is 42.8 Å².